The first-order valence-electron chi connectivity index (χ1n) is 25.1. The summed E-state index contributed by atoms with van der Waals surface area (Å²) in [4.78, 5) is 5.75. The van der Waals surface area contributed by atoms with Crippen molar-refractivity contribution < 1.29 is 13.9 Å². The number of fused-ring (bicyclic) bond motifs is 6. The molecular formula is C65H56N2O3P2S. The van der Waals surface area contributed by atoms with Gasteiger partial charge in [-0.3, -0.25) is 0 Å². The molecule has 0 N–H and O–H groups in total. The van der Waals surface area contributed by atoms with Crippen molar-refractivity contribution in [3.63, 3.8) is 0 Å². The summed E-state index contributed by atoms with van der Waals surface area (Å²) in [6.07, 6.45) is 12.8. The monoisotopic (exact) mass is 1010 g/mol. The molecule has 0 saturated carbocycles. The van der Waals surface area contributed by atoms with Crippen molar-refractivity contribution in [2.75, 3.05) is 9.80 Å². The first kappa shape index (κ1) is 47.0. The molecule has 8 heteroatoms. The van der Waals surface area contributed by atoms with Gasteiger partial charge in [-0.25, -0.2) is 0 Å². The van der Waals surface area contributed by atoms with E-state index in [1.165, 1.54) is 22.5 Å². The van der Waals surface area contributed by atoms with Crippen LogP contribution in [0.15, 0.2) is 259 Å². The second-order valence-corrected chi connectivity index (χ2v) is 27.0. The molecule has 3 aliphatic heterocycles. The highest BCUT2D eigenvalue weighted by Gasteiger charge is 2.48. The summed E-state index contributed by atoms with van der Waals surface area (Å²) in [5, 5.41) is 3.69. The zero-order chi connectivity index (χ0) is 49.9. The highest BCUT2D eigenvalue weighted by Crippen LogP contribution is 2.61. The molecule has 0 radical (unpaired) electrons. The molecule has 0 aromatic heterocycles. The van der Waals surface area contributed by atoms with Crippen LogP contribution in [0, 0.1) is 6.92 Å². The van der Waals surface area contributed by atoms with Crippen molar-refractivity contribution in [2.24, 2.45) is 0 Å². The van der Waals surface area contributed by atoms with E-state index in [9.17, 15) is 0 Å². The Morgan fingerprint density at radius 1 is 0.534 bits per heavy atom. The van der Waals surface area contributed by atoms with Crippen LogP contribution in [0.3, 0.4) is 0 Å². The van der Waals surface area contributed by atoms with Crippen molar-refractivity contribution in [1.82, 2.24) is 0 Å². The van der Waals surface area contributed by atoms with Crippen molar-refractivity contribution in [3.05, 3.63) is 271 Å². The van der Waals surface area contributed by atoms with Gasteiger partial charge in [0.1, 0.15) is 11.9 Å². The predicted octanol–water partition coefficient (Wildman–Crippen LogP) is 15.2. The number of thioether (sulfide) groups is 1. The molecule has 5 aliphatic rings. The van der Waals surface area contributed by atoms with Crippen LogP contribution in [0.1, 0.15) is 37.5 Å². The molecule has 13 rings (SSSR count). The van der Waals surface area contributed by atoms with Crippen LogP contribution in [-0.2, 0) is 14.5 Å². The summed E-state index contributed by atoms with van der Waals surface area (Å²) in [6.45, 7) is 8.73. The van der Waals surface area contributed by atoms with Gasteiger partial charge >= 0.3 is 0 Å². The number of benzene rings is 8. The van der Waals surface area contributed by atoms with E-state index in [1.807, 2.05) is 122 Å². The fraction of sp³-hybridized carbons (Fsp3) is 0.138. The van der Waals surface area contributed by atoms with E-state index >= 15 is 9.13 Å². The Balaban J connectivity index is 0.000000149. The zero-order valence-corrected chi connectivity index (χ0v) is 43.9. The molecule has 5 nitrogen and oxygen atoms in total. The smallest absolute Gasteiger partial charge is 0.157 e. The Morgan fingerprint density at radius 2 is 1.08 bits per heavy atom. The fourth-order valence-electron chi connectivity index (χ4n) is 11.5. The van der Waals surface area contributed by atoms with Crippen molar-refractivity contribution in [2.45, 2.75) is 60.7 Å². The molecule has 360 valence electrons. The van der Waals surface area contributed by atoms with Gasteiger partial charge in [-0.2, -0.15) is 0 Å². The molecule has 0 saturated heterocycles. The van der Waals surface area contributed by atoms with E-state index in [2.05, 4.69) is 170 Å². The Morgan fingerprint density at radius 3 is 1.74 bits per heavy atom. The molecule has 73 heavy (non-hydrogen) atoms. The molecule has 0 fully saturated rings. The number of hydrogen-bond acceptors (Lipinski definition) is 6. The van der Waals surface area contributed by atoms with Crippen LogP contribution in [0.25, 0.3) is 0 Å². The van der Waals surface area contributed by atoms with Crippen LogP contribution < -0.4 is 35.8 Å². The largest absolute Gasteiger partial charge is 0.484 e. The SMILES string of the molecule is CC1(C)c2ccccc2N(C2=CC3Sc4ccccc4P(=O)(c4ccccc4)C3C=C2)c2ccccc21.CC1=CC2C(C=C1)Oc1ccc(C)cc1P2(=O)c1ccc(N(c2ccccc2)c2ccccc2)cc1. The molecule has 3 heterocycles. The van der Waals surface area contributed by atoms with E-state index < -0.39 is 14.3 Å². The Kier molecular flexibility index (Phi) is 12.1. The molecule has 0 amide bonds. The minimum absolute atomic E-state index is 0.0785. The first-order chi connectivity index (χ1) is 35.5. The average Bonchev–Trinajstić information content (AvgIpc) is 3.43. The summed E-state index contributed by atoms with van der Waals surface area (Å²) in [5.74, 6) is 0.724. The normalized spacial score (nSPS) is 23.5. The van der Waals surface area contributed by atoms with Gasteiger partial charge in [0.25, 0.3) is 0 Å². The number of aryl methyl sites for hydroxylation is 1. The number of para-hydroxylation sites is 4. The topological polar surface area (TPSA) is 49.9 Å². The molecule has 0 bridgehead atoms. The maximum Gasteiger partial charge on any atom is 0.157 e. The lowest BCUT2D eigenvalue weighted by Crippen LogP contribution is -2.42. The van der Waals surface area contributed by atoms with Crippen molar-refractivity contribution in [1.29, 1.82) is 0 Å². The summed E-state index contributed by atoms with van der Waals surface area (Å²) in [5.41, 5.74) is 11.2. The highest BCUT2D eigenvalue weighted by molar-refractivity contribution is 8.02. The van der Waals surface area contributed by atoms with E-state index in [4.69, 9.17) is 4.74 Å². The second-order valence-electron chi connectivity index (χ2n) is 20.0. The number of nitrogens with zero attached hydrogens (tertiary/aromatic N) is 2. The third kappa shape index (κ3) is 8.03. The van der Waals surface area contributed by atoms with E-state index in [0.717, 1.165) is 65.8 Å². The number of hydrogen-bond donors (Lipinski definition) is 0. The lowest BCUT2D eigenvalue weighted by Gasteiger charge is -2.44. The van der Waals surface area contributed by atoms with Crippen LogP contribution >= 0.6 is 26.0 Å². The van der Waals surface area contributed by atoms with Gasteiger partial charge in [-0.15, -0.1) is 11.8 Å². The summed E-state index contributed by atoms with van der Waals surface area (Å²) < 4.78 is 36.6. The minimum atomic E-state index is -3.02. The van der Waals surface area contributed by atoms with Gasteiger partial charge in [0.05, 0.1) is 28.0 Å². The fourth-order valence-corrected chi connectivity index (χ4v) is 20.3. The Hall–Kier alpha value is -7.07. The molecule has 2 aliphatic carbocycles. The molecular weight excluding hydrogens is 951 g/mol. The van der Waals surface area contributed by atoms with Gasteiger partial charge < -0.3 is 23.7 Å². The maximum atomic E-state index is 15.2. The minimum Gasteiger partial charge on any atom is -0.484 e. The Bertz CT molecular complexity index is 3540. The van der Waals surface area contributed by atoms with Gasteiger partial charge in [0.2, 0.25) is 0 Å². The van der Waals surface area contributed by atoms with Crippen LogP contribution in [0.5, 0.6) is 5.75 Å². The molecule has 0 spiro atoms. The highest BCUT2D eigenvalue weighted by atomic mass is 32.2. The van der Waals surface area contributed by atoms with Gasteiger partial charge in [-0.05, 0) is 122 Å². The van der Waals surface area contributed by atoms with Crippen LogP contribution in [0.4, 0.5) is 28.4 Å². The maximum absolute atomic E-state index is 15.2. The second kappa shape index (κ2) is 18.8. The first-order valence-corrected chi connectivity index (χ1v) is 29.5. The summed E-state index contributed by atoms with van der Waals surface area (Å²) in [6, 6.07) is 70.8. The van der Waals surface area contributed by atoms with E-state index in [0.29, 0.717) is 0 Å². The average molecular weight is 1010 g/mol. The zero-order valence-electron chi connectivity index (χ0n) is 41.3. The summed E-state index contributed by atoms with van der Waals surface area (Å²) >= 11 is 1.84. The molecule has 8 aromatic rings. The lowest BCUT2D eigenvalue weighted by molar-refractivity contribution is 0.249. The molecule has 6 unspecified atom stereocenters. The quantitative estimate of drug-likeness (QED) is 0.155. The standard InChI is InChI=1S/C33H28NOPS.C32H28NO2P/c1-33(2)25-14-6-8-16-27(25)34(28-17-9-7-15-26(28)33)23-20-21-30-32(22-23)37-31-19-11-10-18-29(31)36(30,35)24-12-4-3-5-13-24;1-23-13-19-29-31(21-23)36(34,32-22-24(2)14-20-30(32)35-29)28-17-15-27(16-18-28)33(25-9-5-3-6-10-25)26-11-7-4-8-12-26/h3-22,30,32H,1-2H3;3-22,29,31H,1-2H3. The van der Waals surface area contributed by atoms with E-state index in [1.54, 1.807) is 0 Å². The van der Waals surface area contributed by atoms with Gasteiger partial charge in [-0.1, -0.05) is 171 Å². The van der Waals surface area contributed by atoms with Gasteiger partial charge in [0.15, 0.2) is 14.3 Å². The summed E-state index contributed by atoms with van der Waals surface area (Å²) in [7, 11) is -5.89. The van der Waals surface area contributed by atoms with Crippen molar-refractivity contribution >= 4 is 75.7 Å². The number of allylic oxidation sites excluding steroid dienone is 4. The van der Waals surface area contributed by atoms with Crippen LogP contribution in [0.2, 0.25) is 0 Å². The molecule has 6 atom stereocenters. The van der Waals surface area contributed by atoms with Crippen LogP contribution in [-0.4, -0.2) is 22.7 Å². The number of ether oxygens (including phenoxy) is 1. The predicted molar refractivity (Wildman–Crippen MR) is 308 cm³/mol. The number of rotatable bonds is 6. The lowest BCUT2D eigenvalue weighted by atomic mass is 9.73. The van der Waals surface area contributed by atoms with Crippen molar-refractivity contribution in [3.8, 4) is 5.75 Å². The third-order valence-corrected chi connectivity index (χ3v) is 23.7. The van der Waals surface area contributed by atoms with Gasteiger partial charge in [0, 0.05) is 54.2 Å². The number of anilines is 5. The van der Waals surface area contributed by atoms with E-state index in [-0.39, 0.29) is 28.1 Å². The molecule has 8 aromatic carbocycles. The Labute approximate surface area is 434 Å². The third-order valence-electron chi connectivity index (χ3n) is 15.1.